The molecule has 114 valence electrons. The Labute approximate surface area is 127 Å². The summed E-state index contributed by atoms with van der Waals surface area (Å²) in [6, 6.07) is 0.691. The van der Waals surface area contributed by atoms with E-state index in [0.29, 0.717) is 6.04 Å². The number of aromatic nitrogens is 1. The van der Waals surface area contributed by atoms with Gasteiger partial charge in [0.1, 0.15) is 5.01 Å². The molecule has 20 heavy (non-hydrogen) atoms. The molecule has 3 nitrogen and oxygen atoms in total. The average Bonchev–Trinajstić information content (AvgIpc) is 2.76. The summed E-state index contributed by atoms with van der Waals surface area (Å²) >= 11 is 1.82. The highest BCUT2D eigenvalue weighted by Crippen LogP contribution is 2.30. The first-order chi connectivity index (χ1) is 9.41. The van der Waals surface area contributed by atoms with Gasteiger partial charge >= 0.3 is 0 Å². The topological polar surface area (TPSA) is 42.2 Å². The molecule has 1 aromatic heterocycles. The zero-order valence-corrected chi connectivity index (χ0v) is 14.2. The van der Waals surface area contributed by atoms with Crippen molar-refractivity contribution in [3.8, 4) is 0 Å². The molecule has 1 aliphatic heterocycles. The summed E-state index contributed by atoms with van der Waals surface area (Å²) in [6.07, 6.45) is 6.20. The summed E-state index contributed by atoms with van der Waals surface area (Å²) in [5.74, 6) is 0. The Morgan fingerprint density at radius 2 is 2.15 bits per heavy atom. The molecule has 0 bridgehead atoms. The minimum Gasteiger partial charge on any atom is -0.321 e. The Morgan fingerprint density at radius 3 is 2.75 bits per heavy atom. The number of piperidine rings is 1. The summed E-state index contributed by atoms with van der Waals surface area (Å²) in [5.41, 5.74) is 7.28. The second-order valence-corrected chi connectivity index (χ2v) is 7.75. The van der Waals surface area contributed by atoms with Crippen LogP contribution >= 0.6 is 11.3 Å². The molecule has 1 saturated heterocycles. The minimum atomic E-state index is -0.270. The van der Waals surface area contributed by atoms with E-state index < -0.39 is 0 Å². The molecule has 1 atom stereocenters. The molecule has 4 heteroatoms. The third kappa shape index (κ3) is 3.80. The van der Waals surface area contributed by atoms with Crippen LogP contribution in [0.15, 0.2) is 0 Å². The van der Waals surface area contributed by atoms with E-state index in [1.54, 1.807) is 0 Å². The number of nitrogens with two attached hydrogens (primary N) is 1. The Balaban J connectivity index is 2.15. The number of hydrogen-bond donors (Lipinski definition) is 1. The molecule has 0 saturated carbocycles. The first kappa shape index (κ1) is 15.9. The van der Waals surface area contributed by atoms with Crippen LogP contribution in [0.4, 0.5) is 0 Å². The minimum absolute atomic E-state index is 0.270. The molecule has 1 aromatic rings. The third-order valence-electron chi connectivity index (χ3n) is 4.09. The molecule has 1 unspecified atom stereocenters. The predicted octanol–water partition coefficient (Wildman–Crippen LogP) is 3.66. The van der Waals surface area contributed by atoms with E-state index in [9.17, 15) is 0 Å². The summed E-state index contributed by atoms with van der Waals surface area (Å²) in [7, 11) is 0. The van der Waals surface area contributed by atoms with Crippen LogP contribution in [0.3, 0.4) is 0 Å². The van der Waals surface area contributed by atoms with Gasteiger partial charge in [-0.1, -0.05) is 19.8 Å². The van der Waals surface area contributed by atoms with Gasteiger partial charge < -0.3 is 5.73 Å². The number of likely N-dealkylation sites (tertiary alicyclic amines) is 1. The van der Waals surface area contributed by atoms with Crippen molar-refractivity contribution in [3.05, 3.63) is 15.6 Å². The fourth-order valence-electron chi connectivity index (χ4n) is 2.94. The van der Waals surface area contributed by atoms with E-state index in [0.717, 1.165) is 19.4 Å². The number of rotatable bonds is 5. The highest BCUT2D eigenvalue weighted by atomic mass is 32.1. The second kappa shape index (κ2) is 6.54. The van der Waals surface area contributed by atoms with Crippen LogP contribution in [0.5, 0.6) is 0 Å². The van der Waals surface area contributed by atoms with Crippen molar-refractivity contribution in [1.82, 2.24) is 9.88 Å². The van der Waals surface area contributed by atoms with Crippen LogP contribution in [0.2, 0.25) is 0 Å². The molecule has 1 aliphatic rings. The summed E-state index contributed by atoms with van der Waals surface area (Å²) in [4.78, 5) is 8.74. The van der Waals surface area contributed by atoms with E-state index in [4.69, 9.17) is 10.7 Å². The molecule has 1 fully saturated rings. The van der Waals surface area contributed by atoms with Crippen LogP contribution in [0, 0.1) is 0 Å². The summed E-state index contributed by atoms with van der Waals surface area (Å²) < 4.78 is 0. The standard InChI is InChI=1S/C16H29N3S/c1-5-8-13-15(16(3,4)17)20-14(18-13)11-19-10-7-6-9-12(19)2/h12H,5-11,17H2,1-4H3. The second-order valence-electron chi connectivity index (χ2n) is 6.67. The van der Waals surface area contributed by atoms with Crippen LogP contribution in [0.25, 0.3) is 0 Å². The van der Waals surface area contributed by atoms with Crippen molar-refractivity contribution in [2.75, 3.05) is 6.54 Å². The van der Waals surface area contributed by atoms with Crippen molar-refractivity contribution < 1.29 is 0 Å². The van der Waals surface area contributed by atoms with Crippen molar-refractivity contribution in [2.45, 2.75) is 77.9 Å². The lowest BCUT2D eigenvalue weighted by atomic mass is 10.0. The smallest absolute Gasteiger partial charge is 0.107 e. The van der Waals surface area contributed by atoms with Crippen molar-refractivity contribution in [3.63, 3.8) is 0 Å². The van der Waals surface area contributed by atoms with Gasteiger partial charge in [0.05, 0.1) is 12.2 Å². The maximum Gasteiger partial charge on any atom is 0.107 e. The van der Waals surface area contributed by atoms with E-state index in [1.165, 1.54) is 41.4 Å². The van der Waals surface area contributed by atoms with Crippen molar-refractivity contribution in [2.24, 2.45) is 5.73 Å². The SMILES string of the molecule is CCCc1nc(CN2CCCCC2C)sc1C(C)(C)N. The van der Waals surface area contributed by atoms with Gasteiger partial charge in [-0.2, -0.15) is 0 Å². The summed E-state index contributed by atoms with van der Waals surface area (Å²) in [5, 5.41) is 1.25. The molecule has 0 amide bonds. The first-order valence-corrected chi connectivity index (χ1v) is 8.75. The Kier molecular flexibility index (Phi) is 5.21. The molecule has 0 aromatic carbocycles. The fourth-order valence-corrected chi connectivity index (χ4v) is 4.09. The predicted molar refractivity (Wildman–Crippen MR) is 87.0 cm³/mol. The van der Waals surface area contributed by atoms with Crippen LogP contribution in [-0.4, -0.2) is 22.5 Å². The lowest BCUT2D eigenvalue weighted by molar-refractivity contribution is 0.152. The molecule has 0 aliphatic carbocycles. The lowest BCUT2D eigenvalue weighted by Crippen LogP contribution is -2.36. The van der Waals surface area contributed by atoms with E-state index >= 15 is 0 Å². The van der Waals surface area contributed by atoms with Gasteiger partial charge in [-0.05, 0) is 46.6 Å². The van der Waals surface area contributed by atoms with Crippen LogP contribution in [-0.2, 0) is 18.5 Å². The maximum absolute atomic E-state index is 6.32. The van der Waals surface area contributed by atoms with E-state index in [-0.39, 0.29) is 5.54 Å². The Hall–Kier alpha value is -0.450. The molecule has 0 radical (unpaired) electrons. The third-order valence-corrected chi connectivity index (χ3v) is 5.51. The van der Waals surface area contributed by atoms with Gasteiger partial charge in [0.2, 0.25) is 0 Å². The van der Waals surface area contributed by atoms with Crippen LogP contribution in [0.1, 0.15) is 69.0 Å². The Morgan fingerprint density at radius 1 is 1.40 bits per heavy atom. The lowest BCUT2D eigenvalue weighted by Gasteiger charge is -2.32. The van der Waals surface area contributed by atoms with Gasteiger partial charge in [-0.3, -0.25) is 4.90 Å². The number of thiazole rings is 1. The van der Waals surface area contributed by atoms with E-state index in [2.05, 4.69) is 32.6 Å². The quantitative estimate of drug-likeness (QED) is 0.901. The van der Waals surface area contributed by atoms with Gasteiger partial charge in [0.25, 0.3) is 0 Å². The molecule has 2 heterocycles. The van der Waals surface area contributed by atoms with Gasteiger partial charge in [-0.25, -0.2) is 4.98 Å². The maximum atomic E-state index is 6.32. The van der Waals surface area contributed by atoms with Crippen molar-refractivity contribution in [1.29, 1.82) is 0 Å². The zero-order chi connectivity index (χ0) is 14.8. The normalized spacial score (nSPS) is 21.4. The molecule has 2 N–H and O–H groups in total. The summed E-state index contributed by atoms with van der Waals surface area (Å²) in [6.45, 7) is 10.9. The number of nitrogens with zero attached hydrogens (tertiary/aromatic N) is 2. The highest BCUT2D eigenvalue weighted by Gasteiger charge is 2.25. The van der Waals surface area contributed by atoms with Crippen molar-refractivity contribution >= 4 is 11.3 Å². The molecule has 2 rings (SSSR count). The largest absolute Gasteiger partial charge is 0.321 e. The molecular weight excluding hydrogens is 266 g/mol. The molecule has 0 spiro atoms. The monoisotopic (exact) mass is 295 g/mol. The molecular formula is C16H29N3S. The first-order valence-electron chi connectivity index (χ1n) is 7.93. The highest BCUT2D eigenvalue weighted by molar-refractivity contribution is 7.11. The average molecular weight is 295 g/mol. The zero-order valence-electron chi connectivity index (χ0n) is 13.4. The Bertz CT molecular complexity index is 433. The van der Waals surface area contributed by atoms with E-state index in [1.807, 2.05) is 11.3 Å². The van der Waals surface area contributed by atoms with Crippen LogP contribution < -0.4 is 5.73 Å². The van der Waals surface area contributed by atoms with Gasteiger partial charge in [-0.15, -0.1) is 11.3 Å². The van der Waals surface area contributed by atoms with Gasteiger partial charge in [0, 0.05) is 16.5 Å². The fraction of sp³-hybridized carbons (Fsp3) is 0.812. The number of hydrogen-bond acceptors (Lipinski definition) is 4. The number of aryl methyl sites for hydroxylation is 1. The van der Waals surface area contributed by atoms with Gasteiger partial charge in [0.15, 0.2) is 0 Å².